The van der Waals surface area contributed by atoms with E-state index in [4.69, 9.17) is 5.73 Å². The first-order valence-corrected chi connectivity index (χ1v) is 18.3. The molecule has 13 nitrogen and oxygen atoms in total. The van der Waals surface area contributed by atoms with Crippen LogP contribution in [0.5, 0.6) is 0 Å². The monoisotopic (exact) mass is 695 g/mol. The second-order valence-electron chi connectivity index (χ2n) is 15.2. The molecule has 3 aliphatic rings. The molecular formula is C37H57N7O6. The lowest BCUT2D eigenvalue weighted by atomic mass is 9.83. The molecule has 2 aliphatic carbocycles. The van der Waals surface area contributed by atoms with Gasteiger partial charge in [-0.25, -0.2) is 4.79 Å². The summed E-state index contributed by atoms with van der Waals surface area (Å²) in [7, 11) is 1.70. The number of likely N-dealkylation sites (N-methyl/N-ethyl adjacent to an activating group) is 1. The number of likely N-dealkylation sites (tertiary alicyclic amines) is 1. The fourth-order valence-electron chi connectivity index (χ4n) is 7.53. The quantitative estimate of drug-likeness (QED) is 0.138. The van der Waals surface area contributed by atoms with E-state index < -0.39 is 47.9 Å². The molecule has 50 heavy (non-hydrogen) atoms. The van der Waals surface area contributed by atoms with E-state index >= 15 is 0 Å². The molecule has 1 aliphatic heterocycles. The molecule has 0 spiro atoms. The zero-order chi connectivity index (χ0) is 36.7. The summed E-state index contributed by atoms with van der Waals surface area (Å²) in [5.41, 5.74) is 6.27. The molecule has 6 atom stereocenters. The maximum Gasteiger partial charge on any atom is 0.316 e. The Hall–Kier alpha value is -4.00. The van der Waals surface area contributed by atoms with Crippen molar-refractivity contribution in [3.05, 3.63) is 35.9 Å². The van der Waals surface area contributed by atoms with Crippen LogP contribution in [0.25, 0.3) is 0 Å². The highest BCUT2D eigenvalue weighted by Crippen LogP contribution is 2.37. The number of Topliss-reactive ketones (excluding diaryl/α,β-unsaturated/α-hetero) is 1. The van der Waals surface area contributed by atoms with E-state index in [2.05, 4.69) is 21.3 Å². The molecule has 0 radical (unpaired) electrons. The second kappa shape index (κ2) is 17.3. The number of rotatable bonds is 15. The molecule has 6 N–H and O–H groups in total. The van der Waals surface area contributed by atoms with Gasteiger partial charge in [0, 0.05) is 26.2 Å². The van der Waals surface area contributed by atoms with Gasteiger partial charge in [0.1, 0.15) is 24.3 Å². The molecule has 1 heterocycles. The third-order valence-corrected chi connectivity index (χ3v) is 10.6. The van der Waals surface area contributed by atoms with Crippen LogP contribution in [0.15, 0.2) is 30.3 Å². The lowest BCUT2D eigenvalue weighted by Gasteiger charge is -2.36. The van der Waals surface area contributed by atoms with Crippen LogP contribution < -0.4 is 27.0 Å². The van der Waals surface area contributed by atoms with Gasteiger partial charge in [-0.05, 0) is 60.8 Å². The van der Waals surface area contributed by atoms with E-state index in [0.29, 0.717) is 13.1 Å². The molecule has 1 saturated heterocycles. The van der Waals surface area contributed by atoms with E-state index in [1.807, 2.05) is 65.0 Å². The average molecular weight is 696 g/mol. The van der Waals surface area contributed by atoms with Gasteiger partial charge in [-0.1, -0.05) is 84.2 Å². The molecule has 1 aromatic carbocycles. The summed E-state index contributed by atoms with van der Waals surface area (Å²) in [5, 5.41) is 11.5. The van der Waals surface area contributed by atoms with Crippen molar-refractivity contribution in [3.8, 4) is 0 Å². The molecule has 13 heteroatoms. The Balaban J connectivity index is 1.55. The zero-order valence-electron chi connectivity index (χ0n) is 30.4. The number of nitrogens with one attached hydrogen (secondary N) is 4. The van der Waals surface area contributed by atoms with Crippen molar-refractivity contribution in [2.75, 3.05) is 13.6 Å². The van der Waals surface area contributed by atoms with Crippen molar-refractivity contribution in [3.63, 3.8) is 0 Å². The Labute approximate surface area is 296 Å². The number of benzene rings is 1. The normalized spacial score (nSPS) is 22.8. The van der Waals surface area contributed by atoms with E-state index in [1.165, 1.54) is 0 Å². The number of urea groups is 1. The molecular weight excluding hydrogens is 638 g/mol. The van der Waals surface area contributed by atoms with E-state index in [-0.39, 0.29) is 47.4 Å². The predicted molar refractivity (Wildman–Crippen MR) is 189 cm³/mol. The Morgan fingerprint density at radius 2 is 1.54 bits per heavy atom. The predicted octanol–water partition coefficient (Wildman–Crippen LogP) is 2.29. The van der Waals surface area contributed by atoms with Gasteiger partial charge in [0.2, 0.25) is 17.7 Å². The molecule has 0 bridgehead atoms. The topological polar surface area (TPSA) is 183 Å². The smallest absolute Gasteiger partial charge is 0.316 e. The van der Waals surface area contributed by atoms with E-state index in [0.717, 1.165) is 50.5 Å². The number of carbonyl (C=O) groups is 6. The maximum absolute atomic E-state index is 14.7. The molecule has 4 rings (SSSR count). The van der Waals surface area contributed by atoms with Crippen molar-refractivity contribution < 1.29 is 28.8 Å². The lowest BCUT2D eigenvalue weighted by Crippen LogP contribution is -2.62. The first-order valence-electron chi connectivity index (χ1n) is 18.3. The highest BCUT2D eigenvalue weighted by atomic mass is 16.2. The highest BCUT2D eigenvalue weighted by molar-refractivity contribution is 6.37. The first kappa shape index (κ1) is 38.8. The van der Waals surface area contributed by atoms with E-state index in [1.54, 1.807) is 16.8 Å². The van der Waals surface area contributed by atoms with Gasteiger partial charge in [0.05, 0.1) is 0 Å². The minimum absolute atomic E-state index is 0.0104. The molecule has 6 amide bonds. The Bertz CT molecular complexity index is 1380. The summed E-state index contributed by atoms with van der Waals surface area (Å²) in [4.78, 5) is 83.6. The summed E-state index contributed by atoms with van der Waals surface area (Å²) in [6, 6.07) is 6.26. The summed E-state index contributed by atoms with van der Waals surface area (Å²) in [6.07, 6.45) is 4.64. The first-order chi connectivity index (χ1) is 23.7. The third kappa shape index (κ3) is 9.82. The SMILES string of the molecule is CC(C)C(NC(=O)NC(C(=O)N1C[C@H](C(C)C)C(C)C1C(=O)NC(NC1CC1)C(=O)C(N)=O)C1CCCCC1)C(=O)N(C)Cc1ccccc1. The van der Waals surface area contributed by atoms with Gasteiger partial charge >= 0.3 is 6.03 Å². The zero-order valence-corrected chi connectivity index (χ0v) is 30.4. The molecule has 2 saturated carbocycles. The number of hydrogen-bond acceptors (Lipinski definition) is 7. The van der Waals surface area contributed by atoms with Crippen molar-refractivity contribution in [1.29, 1.82) is 0 Å². The summed E-state index contributed by atoms with van der Waals surface area (Å²) in [5.74, 6) is -3.82. The van der Waals surface area contributed by atoms with Crippen molar-refractivity contribution in [2.24, 2.45) is 35.3 Å². The summed E-state index contributed by atoms with van der Waals surface area (Å²) >= 11 is 0. The van der Waals surface area contributed by atoms with Crippen LogP contribution in [0.4, 0.5) is 4.79 Å². The van der Waals surface area contributed by atoms with Gasteiger partial charge in [-0.2, -0.15) is 0 Å². The van der Waals surface area contributed by atoms with Crippen LogP contribution in [-0.4, -0.2) is 89.2 Å². The van der Waals surface area contributed by atoms with Crippen LogP contribution in [0, 0.1) is 29.6 Å². The molecule has 0 aromatic heterocycles. The van der Waals surface area contributed by atoms with Gasteiger partial charge < -0.3 is 31.5 Å². The largest absolute Gasteiger partial charge is 0.363 e. The summed E-state index contributed by atoms with van der Waals surface area (Å²) < 4.78 is 0. The number of primary amides is 1. The standard InChI is InChI=1S/C37H57N7O6/c1-21(2)27-20-44(30(23(27)5)34(47)42-33(31(45)32(38)46)39-26-17-18-26)36(49)29(25-15-11-8-12-16-25)41-37(50)40-28(22(3)4)35(48)43(6)19-24-13-9-7-10-14-24/h7,9-10,13-14,21-23,25-30,33,39H,8,11-12,15-20H2,1-6H3,(H2,38,46)(H,42,47)(H2,40,41,50)/t23?,27-,28?,29?,30?,33?/m1/s1. The van der Waals surface area contributed by atoms with Crippen LogP contribution in [-0.2, 0) is 30.5 Å². The Morgan fingerprint density at radius 1 is 0.900 bits per heavy atom. The number of nitrogens with zero attached hydrogens (tertiary/aromatic N) is 2. The number of nitrogens with two attached hydrogens (primary N) is 1. The fraction of sp³-hybridized carbons (Fsp3) is 0.676. The van der Waals surface area contributed by atoms with Gasteiger partial charge in [0.25, 0.3) is 11.7 Å². The lowest BCUT2D eigenvalue weighted by molar-refractivity contribution is -0.144. The van der Waals surface area contributed by atoms with Gasteiger partial charge in [-0.3, -0.25) is 29.3 Å². The van der Waals surface area contributed by atoms with Gasteiger partial charge in [0.15, 0.2) is 0 Å². The number of hydrogen-bond donors (Lipinski definition) is 5. The fourth-order valence-corrected chi connectivity index (χ4v) is 7.53. The Kier molecular flexibility index (Phi) is 13.4. The second-order valence-corrected chi connectivity index (χ2v) is 15.2. The molecule has 3 fully saturated rings. The number of carbonyl (C=O) groups excluding carboxylic acids is 6. The van der Waals surface area contributed by atoms with Crippen LogP contribution in [0.1, 0.15) is 85.1 Å². The molecule has 5 unspecified atom stereocenters. The third-order valence-electron chi connectivity index (χ3n) is 10.6. The van der Waals surface area contributed by atoms with E-state index in [9.17, 15) is 28.8 Å². The highest BCUT2D eigenvalue weighted by Gasteiger charge is 2.49. The maximum atomic E-state index is 14.7. The minimum Gasteiger partial charge on any atom is -0.363 e. The van der Waals surface area contributed by atoms with Crippen LogP contribution >= 0.6 is 0 Å². The minimum atomic E-state index is -1.29. The van der Waals surface area contributed by atoms with Crippen molar-refractivity contribution in [1.82, 2.24) is 31.1 Å². The van der Waals surface area contributed by atoms with Crippen molar-refractivity contribution in [2.45, 2.75) is 116 Å². The Morgan fingerprint density at radius 3 is 2.10 bits per heavy atom. The molecule has 276 valence electrons. The average Bonchev–Trinajstić information content (AvgIpc) is 3.83. The summed E-state index contributed by atoms with van der Waals surface area (Å²) in [6.45, 7) is 10.4. The number of ketones is 1. The van der Waals surface area contributed by atoms with Crippen LogP contribution in [0.3, 0.4) is 0 Å². The van der Waals surface area contributed by atoms with Crippen molar-refractivity contribution >= 4 is 35.4 Å². The van der Waals surface area contributed by atoms with Crippen LogP contribution in [0.2, 0.25) is 0 Å². The van der Waals surface area contributed by atoms with Gasteiger partial charge in [-0.15, -0.1) is 0 Å². The number of amides is 6. The molecule has 1 aromatic rings.